The number of aliphatic hydroxyl groups excluding tert-OH is 1. The van der Waals surface area contributed by atoms with Gasteiger partial charge >= 0.3 is 0 Å². The van der Waals surface area contributed by atoms with E-state index < -0.39 is 6.04 Å². The molecule has 1 aromatic carbocycles. The van der Waals surface area contributed by atoms with Crippen LogP contribution in [0.25, 0.3) is 0 Å². The van der Waals surface area contributed by atoms with Gasteiger partial charge in [-0.1, -0.05) is 6.07 Å². The van der Waals surface area contributed by atoms with Gasteiger partial charge in [0.25, 0.3) is 0 Å². The fourth-order valence-electron chi connectivity index (χ4n) is 1.66. The topological polar surface area (TPSA) is 81.8 Å². The minimum Gasteiger partial charge on any atom is -0.486 e. The molecule has 0 fully saturated rings. The molecule has 5 heteroatoms. The largest absolute Gasteiger partial charge is 0.486 e. The molecule has 1 unspecified atom stereocenters. The first-order valence-electron chi connectivity index (χ1n) is 5.02. The van der Waals surface area contributed by atoms with Crippen LogP contribution >= 0.6 is 0 Å². The highest BCUT2D eigenvalue weighted by Gasteiger charge is 2.22. The summed E-state index contributed by atoms with van der Waals surface area (Å²) in [5, 5.41) is 9.03. The van der Waals surface area contributed by atoms with E-state index in [1.807, 2.05) is 0 Å². The summed E-state index contributed by atoms with van der Waals surface area (Å²) in [5.41, 5.74) is 6.83. The molecule has 1 heterocycles. The van der Waals surface area contributed by atoms with Crippen molar-refractivity contribution in [1.82, 2.24) is 0 Å². The number of ether oxygens (including phenoxy) is 2. The Balaban J connectivity index is 2.52. The molecule has 0 bridgehead atoms. The molecule has 1 aliphatic rings. The Morgan fingerprint density at radius 2 is 2.06 bits per heavy atom. The van der Waals surface area contributed by atoms with Gasteiger partial charge < -0.3 is 20.3 Å². The first-order valence-corrected chi connectivity index (χ1v) is 5.02. The molecule has 0 saturated carbocycles. The number of hydrogen-bond acceptors (Lipinski definition) is 5. The van der Waals surface area contributed by atoms with Gasteiger partial charge in [-0.3, -0.25) is 4.79 Å². The Hall–Kier alpha value is -1.59. The Kier molecular flexibility index (Phi) is 3.07. The van der Waals surface area contributed by atoms with Crippen molar-refractivity contribution in [3.63, 3.8) is 0 Å². The van der Waals surface area contributed by atoms with Gasteiger partial charge in [-0.15, -0.1) is 0 Å². The van der Waals surface area contributed by atoms with E-state index in [-0.39, 0.29) is 6.61 Å². The van der Waals surface area contributed by atoms with E-state index in [4.69, 9.17) is 20.3 Å². The molecule has 2 rings (SSSR count). The lowest BCUT2D eigenvalue weighted by Gasteiger charge is -2.24. The van der Waals surface area contributed by atoms with Gasteiger partial charge in [-0.25, -0.2) is 0 Å². The van der Waals surface area contributed by atoms with Gasteiger partial charge in [-0.05, 0) is 6.07 Å². The molecule has 0 radical (unpaired) electrons. The van der Waals surface area contributed by atoms with Crippen LogP contribution in [0.5, 0.6) is 11.5 Å². The first kappa shape index (κ1) is 10.9. The number of rotatable bonds is 3. The summed E-state index contributed by atoms with van der Waals surface area (Å²) in [6.07, 6.45) is 0.710. The van der Waals surface area contributed by atoms with Crippen molar-refractivity contribution in [3.8, 4) is 11.5 Å². The monoisotopic (exact) mass is 223 g/mol. The average Bonchev–Trinajstić information content (AvgIpc) is 2.36. The van der Waals surface area contributed by atoms with Gasteiger partial charge in [0, 0.05) is 5.56 Å². The van der Waals surface area contributed by atoms with Crippen molar-refractivity contribution in [3.05, 3.63) is 23.3 Å². The lowest BCUT2D eigenvalue weighted by molar-refractivity contribution is 0.111. The smallest absolute Gasteiger partial charge is 0.172 e. The SMILES string of the molecule is NC(CO)c1ccc(C=O)c2c1OCCO2. The van der Waals surface area contributed by atoms with Crippen molar-refractivity contribution < 1.29 is 19.4 Å². The summed E-state index contributed by atoms with van der Waals surface area (Å²) < 4.78 is 10.8. The van der Waals surface area contributed by atoms with Gasteiger partial charge in [0.15, 0.2) is 17.8 Å². The van der Waals surface area contributed by atoms with Crippen LogP contribution < -0.4 is 15.2 Å². The second-order valence-corrected chi connectivity index (χ2v) is 3.51. The number of nitrogens with two attached hydrogens (primary N) is 1. The summed E-state index contributed by atoms with van der Waals surface area (Å²) in [5.74, 6) is 0.889. The molecular formula is C11H13NO4. The zero-order chi connectivity index (χ0) is 11.5. The number of benzene rings is 1. The maximum Gasteiger partial charge on any atom is 0.172 e. The van der Waals surface area contributed by atoms with Crippen molar-refractivity contribution in [2.24, 2.45) is 5.73 Å². The summed E-state index contributed by atoms with van der Waals surface area (Å²) in [6, 6.07) is 2.76. The summed E-state index contributed by atoms with van der Waals surface area (Å²) in [6.45, 7) is 0.641. The number of carbonyl (C=O) groups is 1. The Morgan fingerprint density at radius 3 is 2.69 bits per heavy atom. The van der Waals surface area contributed by atoms with Crippen LogP contribution in [-0.2, 0) is 0 Å². The van der Waals surface area contributed by atoms with E-state index in [2.05, 4.69) is 0 Å². The summed E-state index contributed by atoms with van der Waals surface area (Å²) in [7, 11) is 0. The highest BCUT2D eigenvalue weighted by molar-refractivity contribution is 5.82. The maximum atomic E-state index is 10.8. The third kappa shape index (κ3) is 1.75. The van der Waals surface area contributed by atoms with Crippen molar-refractivity contribution in [2.75, 3.05) is 19.8 Å². The molecule has 0 aliphatic carbocycles. The quantitative estimate of drug-likeness (QED) is 0.718. The van der Waals surface area contributed by atoms with Gasteiger partial charge in [0.05, 0.1) is 18.2 Å². The van der Waals surface area contributed by atoms with Crippen LogP contribution in [-0.4, -0.2) is 31.2 Å². The van der Waals surface area contributed by atoms with Crippen LogP contribution in [0.4, 0.5) is 0 Å². The van der Waals surface area contributed by atoms with Gasteiger partial charge in [0.1, 0.15) is 13.2 Å². The summed E-state index contributed by atoms with van der Waals surface area (Å²) in [4.78, 5) is 10.8. The minimum atomic E-state index is -0.531. The molecule has 16 heavy (non-hydrogen) atoms. The normalized spacial score (nSPS) is 15.6. The van der Waals surface area contributed by atoms with Crippen LogP contribution in [0.2, 0.25) is 0 Å². The highest BCUT2D eigenvalue weighted by Crippen LogP contribution is 2.38. The molecule has 0 spiro atoms. The first-order chi connectivity index (χ1) is 7.77. The number of fused-ring (bicyclic) bond motifs is 1. The van der Waals surface area contributed by atoms with Crippen molar-refractivity contribution >= 4 is 6.29 Å². The van der Waals surface area contributed by atoms with Crippen molar-refractivity contribution in [2.45, 2.75) is 6.04 Å². The molecule has 5 nitrogen and oxygen atoms in total. The lowest BCUT2D eigenvalue weighted by atomic mass is 10.0. The highest BCUT2D eigenvalue weighted by atomic mass is 16.6. The molecule has 0 saturated heterocycles. The van der Waals surface area contributed by atoms with Crippen LogP contribution in [0.3, 0.4) is 0 Å². The molecule has 3 N–H and O–H groups in total. The van der Waals surface area contributed by atoms with E-state index in [1.165, 1.54) is 0 Å². The number of hydrogen-bond donors (Lipinski definition) is 2. The lowest BCUT2D eigenvalue weighted by Crippen LogP contribution is -2.22. The molecule has 86 valence electrons. The molecule has 0 amide bonds. The zero-order valence-electron chi connectivity index (χ0n) is 8.68. The van der Waals surface area contributed by atoms with Gasteiger partial charge in [0.2, 0.25) is 0 Å². The number of carbonyl (C=O) groups excluding carboxylic acids is 1. The van der Waals surface area contributed by atoms with E-state index >= 15 is 0 Å². The average molecular weight is 223 g/mol. The summed E-state index contributed by atoms with van der Waals surface area (Å²) >= 11 is 0. The minimum absolute atomic E-state index is 0.184. The van der Waals surface area contributed by atoms with Crippen LogP contribution in [0.1, 0.15) is 22.0 Å². The third-order valence-corrected chi connectivity index (χ3v) is 2.47. The van der Waals surface area contributed by atoms with Crippen LogP contribution in [0.15, 0.2) is 12.1 Å². The van der Waals surface area contributed by atoms with E-state index in [0.717, 1.165) is 0 Å². The predicted octanol–water partition coefficient (Wildman–Crippen LogP) is 0.262. The molecular weight excluding hydrogens is 210 g/mol. The second kappa shape index (κ2) is 4.51. The predicted molar refractivity (Wildman–Crippen MR) is 56.8 cm³/mol. The Labute approximate surface area is 92.8 Å². The van der Waals surface area contributed by atoms with Gasteiger partial charge in [-0.2, -0.15) is 0 Å². The van der Waals surface area contributed by atoms with E-state index in [9.17, 15) is 4.79 Å². The molecule has 0 aromatic heterocycles. The number of aliphatic hydroxyl groups is 1. The Bertz CT molecular complexity index is 405. The fraction of sp³-hybridized carbons (Fsp3) is 0.364. The Morgan fingerprint density at radius 1 is 1.38 bits per heavy atom. The standard InChI is InChI=1S/C11H13NO4/c12-9(6-14)8-2-1-7(5-13)10-11(8)16-4-3-15-10/h1-2,5,9,14H,3-4,6,12H2. The zero-order valence-corrected chi connectivity index (χ0v) is 8.68. The van der Waals surface area contributed by atoms with Crippen LogP contribution in [0, 0.1) is 0 Å². The van der Waals surface area contributed by atoms with E-state index in [1.54, 1.807) is 12.1 Å². The molecule has 1 aromatic rings. The molecule has 1 aliphatic heterocycles. The fourth-order valence-corrected chi connectivity index (χ4v) is 1.66. The second-order valence-electron chi connectivity index (χ2n) is 3.51. The van der Waals surface area contributed by atoms with E-state index in [0.29, 0.717) is 42.1 Å². The number of aldehydes is 1. The van der Waals surface area contributed by atoms with Crippen molar-refractivity contribution in [1.29, 1.82) is 0 Å². The maximum absolute atomic E-state index is 10.8. The third-order valence-electron chi connectivity index (χ3n) is 2.47. The molecule has 1 atom stereocenters.